The fraction of sp³-hybridized carbons (Fsp3) is 0.611. The molecule has 2 heterocycles. The fourth-order valence-corrected chi connectivity index (χ4v) is 3.29. The molecule has 0 bridgehead atoms. The van der Waals surface area contributed by atoms with Crippen LogP contribution in [0.3, 0.4) is 0 Å². The number of halogens is 2. The zero-order chi connectivity index (χ0) is 15.9. The Balaban J connectivity index is 0.00000156. The number of ether oxygens (including phenoxy) is 1. The van der Waals surface area contributed by atoms with E-state index in [9.17, 15) is 4.79 Å². The van der Waals surface area contributed by atoms with Gasteiger partial charge in [0.05, 0.1) is 19.1 Å². The molecule has 5 nitrogen and oxygen atoms in total. The van der Waals surface area contributed by atoms with Crippen LogP contribution in [0.5, 0.6) is 0 Å². The molecule has 25 heavy (non-hydrogen) atoms. The minimum absolute atomic E-state index is 0. The van der Waals surface area contributed by atoms with E-state index in [1.807, 2.05) is 6.07 Å². The SMILES string of the molecule is Cl.Cl.O=C(NCc1ccccc1CN1CCOCC1)[C@@H]1CCCNC1. The van der Waals surface area contributed by atoms with Gasteiger partial charge in [0.25, 0.3) is 0 Å². The molecule has 0 aromatic heterocycles. The van der Waals surface area contributed by atoms with Gasteiger partial charge in [0, 0.05) is 32.7 Å². The molecule has 0 radical (unpaired) electrons. The van der Waals surface area contributed by atoms with E-state index < -0.39 is 0 Å². The Kier molecular flexibility index (Phi) is 10.4. The summed E-state index contributed by atoms with van der Waals surface area (Å²) in [6, 6.07) is 8.41. The van der Waals surface area contributed by atoms with Gasteiger partial charge >= 0.3 is 0 Å². The number of hydrogen-bond donors (Lipinski definition) is 2. The lowest BCUT2D eigenvalue weighted by molar-refractivity contribution is -0.125. The second kappa shape index (κ2) is 11.7. The van der Waals surface area contributed by atoms with Gasteiger partial charge in [-0.3, -0.25) is 9.69 Å². The Labute approximate surface area is 162 Å². The molecule has 1 amide bonds. The zero-order valence-electron chi connectivity index (χ0n) is 14.5. The molecule has 2 aliphatic heterocycles. The van der Waals surface area contributed by atoms with Crippen molar-refractivity contribution < 1.29 is 9.53 Å². The smallest absolute Gasteiger partial charge is 0.224 e. The maximum Gasteiger partial charge on any atom is 0.224 e. The summed E-state index contributed by atoms with van der Waals surface area (Å²) >= 11 is 0. The topological polar surface area (TPSA) is 53.6 Å². The standard InChI is InChI=1S/C18H27N3O2.2ClH/c22-18(16-6-3-7-19-12-16)20-13-15-4-1-2-5-17(15)14-21-8-10-23-11-9-21;;/h1-2,4-5,16,19H,3,6-14H2,(H,20,22);2*1H/t16-;;/m1../s1. The number of rotatable bonds is 5. The van der Waals surface area contributed by atoms with Crippen LogP contribution in [-0.4, -0.2) is 50.2 Å². The first-order valence-electron chi connectivity index (χ1n) is 8.68. The lowest BCUT2D eigenvalue weighted by Crippen LogP contribution is -2.40. The second-order valence-electron chi connectivity index (χ2n) is 6.42. The van der Waals surface area contributed by atoms with Crippen LogP contribution in [0.15, 0.2) is 24.3 Å². The first kappa shape index (κ1) is 22.2. The van der Waals surface area contributed by atoms with Crippen LogP contribution >= 0.6 is 24.8 Å². The van der Waals surface area contributed by atoms with E-state index in [-0.39, 0.29) is 36.6 Å². The molecule has 7 heteroatoms. The van der Waals surface area contributed by atoms with Gasteiger partial charge in [-0.25, -0.2) is 0 Å². The number of hydrogen-bond acceptors (Lipinski definition) is 4. The fourth-order valence-electron chi connectivity index (χ4n) is 3.29. The minimum Gasteiger partial charge on any atom is -0.379 e. The number of nitrogens with zero attached hydrogens (tertiary/aromatic N) is 1. The predicted molar refractivity (Wildman–Crippen MR) is 104 cm³/mol. The van der Waals surface area contributed by atoms with Crippen molar-refractivity contribution >= 4 is 30.7 Å². The third-order valence-corrected chi connectivity index (χ3v) is 4.74. The summed E-state index contributed by atoms with van der Waals surface area (Å²) in [6.45, 7) is 6.98. The molecule has 142 valence electrons. The minimum atomic E-state index is 0. The summed E-state index contributed by atoms with van der Waals surface area (Å²) in [5.74, 6) is 0.300. The third-order valence-electron chi connectivity index (χ3n) is 4.74. The molecule has 1 aromatic carbocycles. The van der Waals surface area contributed by atoms with Gasteiger partial charge in [-0.1, -0.05) is 24.3 Å². The third kappa shape index (κ3) is 6.76. The van der Waals surface area contributed by atoms with E-state index in [4.69, 9.17) is 4.74 Å². The lowest BCUT2D eigenvalue weighted by Gasteiger charge is -2.27. The molecule has 0 aliphatic carbocycles. The van der Waals surface area contributed by atoms with Crippen molar-refractivity contribution in [2.24, 2.45) is 5.92 Å². The maximum atomic E-state index is 12.3. The number of piperidine rings is 1. The molecule has 0 unspecified atom stereocenters. The van der Waals surface area contributed by atoms with Crippen molar-refractivity contribution in [3.8, 4) is 0 Å². The molecule has 2 aliphatic rings. The van der Waals surface area contributed by atoms with Gasteiger partial charge in [0.1, 0.15) is 0 Å². The Morgan fingerprint density at radius 1 is 1.20 bits per heavy atom. The van der Waals surface area contributed by atoms with Gasteiger partial charge in [0.2, 0.25) is 5.91 Å². The van der Waals surface area contributed by atoms with Crippen molar-refractivity contribution in [3.63, 3.8) is 0 Å². The number of morpholine rings is 1. The highest BCUT2D eigenvalue weighted by Crippen LogP contribution is 2.14. The zero-order valence-corrected chi connectivity index (χ0v) is 16.2. The summed E-state index contributed by atoms with van der Waals surface area (Å²) in [5, 5.41) is 6.42. The van der Waals surface area contributed by atoms with E-state index in [0.717, 1.165) is 58.8 Å². The summed E-state index contributed by atoms with van der Waals surface area (Å²) < 4.78 is 5.41. The summed E-state index contributed by atoms with van der Waals surface area (Å²) in [4.78, 5) is 14.7. The van der Waals surface area contributed by atoms with Crippen molar-refractivity contribution in [2.45, 2.75) is 25.9 Å². The molecule has 2 fully saturated rings. The number of amides is 1. The second-order valence-corrected chi connectivity index (χ2v) is 6.42. The Bertz CT molecular complexity index is 519. The normalized spacial score (nSPS) is 20.9. The number of nitrogens with one attached hydrogen (secondary N) is 2. The van der Waals surface area contributed by atoms with Crippen LogP contribution in [0.2, 0.25) is 0 Å². The van der Waals surface area contributed by atoms with E-state index in [2.05, 4.69) is 33.7 Å². The highest BCUT2D eigenvalue weighted by molar-refractivity contribution is 5.85. The van der Waals surface area contributed by atoms with Gasteiger partial charge in [-0.2, -0.15) is 0 Å². The van der Waals surface area contributed by atoms with Crippen molar-refractivity contribution in [2.75, 3.05) is 39.4 Å². The van der Waals surface area contributed by atoms with Crippen LogP contribution < -0.4 is 10.6 Å². The Morgan fingerprint density at radius 3 is 2.60 bits per heavy atom. The molecular formula is C18H29Cl2N3O2. The Morgan fingerprint density at radius 2 is 1.92 bits per heavy atom. The van der Waals surface area contributed by atoms with Crippen LogP contribution in [0, 0.1) is 5.92 Å². The molecule has 1 aromatic rings. The first-order valence-corrected chi connectivity index (χ1v) is 8.68. The van der Waals surface area contributed by atoms with Gasteiger partial charge in [-0.05, 0) is 30.5 Å². The quantitative estimate of drug-likeness (QED) is 0.808. The summed E-state index contributed by atoms with van der Waals surface area (Å²) in [7, 11) is 0. The largest absolute Gasteiger partial charge is 0.379 e. The number of benzene rings is 1. The van der Waals surface area contributed by atoms with E-state index in [1.165, 1.54) is 11.1 Å². The maximum absolute atomic E-state index is 12.3. The molecule has 3 rings (SSSR count). The average molecular weight is 390 g/mol. The Hall–Kier alpha value is -0.850. The summed E-state index contributed by atoms with van der Waals surface area (Å²) in [6.07, 6.45) is 2.08. The first-order chi connectivity index (χ1) is 11.3. The lowest BCUT2D eigenvalue weighted by atomic mass is 9.98. The summed E-state index contributed by atoms with van der Waals surface area (Å²) in [5.41, 5.74) is 2.52. The van der Waals surface area contributed by atoms with Crippen LogP contribution in [0.25, 0.3) is 0 Å². The molecular weight excluding hydrogens is 361 g/mol. The van der Waals surface area contributed by atoms with Crippen molar-refractivity contribution in [3.05, 3.63) is 35.4 Å². The van der Waals surface area contributed by atoms with Gasteiger partial charge < -0.3 is 15.4 Å². The monoisotopic (exact) mass is 389 g/mol. The van der Waals surface area contributed by atoms with Crippen molar-refractivity contribution in [1.29, 1.82) is 0 Å². The van der Waals surface area contributed by atoms with Gasteiger partial charge in [-0.15, -0.1) is 24.8 Å². The van der Waals surface area contributed by atoms with E-state index in [0.29, 0.717) is 6.54 Å². The van der Waals surface area contributed by atoms with E-state index >= 15 is 0 Å². The number of carbonyl (C=O) groups is 1. The molecule has 0 saturated carbocycles. The average Bonchev–Trinajstić information content (AvgIpc) is 2.62. The van der Waals surface area contributed by atoms with Crippen LogP contribution in [0.4, 0.5) is 0 Å². The molecule has 2 N–H and O–H groups in total. The van der Waals surface area contributed by atoms with Gasteiger partial charge in [0.15, 0.2) is 0 Å². The predicted octanol–water partition coefficient (Wildman–Crippen LogP) is 1.98. The molecule has 1 atom stereocenters. The van der Waals surface area contributed by atoms with Crippen LogP contribution in [-0.2, 0) is 22.6 Å². The molecule has 2 saturated heterocycles. The highest BCUT2D eigenvalue weighted by atomic mass is 35.5. The number of carbonyl (C=O) groups excluding carboxylic acids is 1. The van der Waals surface area contributed by atoms with E-state index in [1.54, 1.807) is 0 Å². The highest BCUT2D eigenvalue weighted by Gasteiger charge is 2.20. The van der Waals surface area contributed by atoms with Crippen molar-refractivity contribution in [1.82, 2.24) is 15.5 Å². The van der Waals surface area contributed by atoms with Crippen LogP contribution in [0.1, 0.15) is 24.0 Å². The molecule has 0 spiro atoms.